The second-order valence-electron chi connectivity index (χ2n) is 7.51. The fourth-order valence-corrected chi connectivity index (χ4v) is 4.52. The summed E-state index contributed by atoms with van der Waals surface area (Å²) in [6, 6.07) is 14.3. The lowest BCUT2D eigenvalue weighted by Gasteiger charge is -2.14. The summed E-state index contributed by atoms with van der Waals surface area (Å²) >= 11 is 0. The molecule has 0 radical (unpaired) electrons. The second-order valence-corrected chi connectivity index (χ2v) is 7.51. The largest absolute Gasteiger partial charge is 0.361 e. The molecule has 1 atom stereocenters. The standard InChI is InChI=1S/C23H22N4O2/c28-14-26-23(29)19(20-12-25-21-7-2-1-5-18(20)21)10-16-13-27-9-8-24-11-15-4-3-6-17(16)22(15)27/h1-7,12-14,19,24-25H,8-11H2,(H,26,28,29). The Labute approximate surface area is 167 Å². The zero-order valence-electron chi connectivity index (χ0n) is 15.9. The molecule has 5 rings (SSSR count). The molecule has 3 N–H and O–H groups in total. The molecule has 146 valence electrons. The molecule has 0 fully saturated rings. The van der Waals surface area contributed by atoms with Gasteiger partial charge in [0.25, 0.3) is 0 Å². The number of hydrogen-bond acceptors (Lipinski definition) is 3. The van der Waals surface area contributed by atoms with E-state index in [9.17, 15) is 9.59 Å². The summed E-state index contributed by atoms with van der Waals surface area (Å²) in [6.07, 6.45) is 5.05. The predicted molar refractivity (Wildman–Crippen MR) is 113 cm³/mol. The van der Waals surface area contributed by atoms with Gasteiger partial charge in [0.15, 0.2) is 0 Å². The highest BCUT2D eigenvalue weighted by Crippen LogP contribution is 2.33. The molecule has 1 aliphatic rings. The summed E-state index contributed by atoms with van der Waals surface area (Å²) in [5.41, 5.74) is 5.52. The van der Waals surface area contributed by atoms with Gasteiger partial charge in [-0.3, -0.25) is 14.9 Å². The Morgan fingerprint density at radius 1 is 1.17 bits per heavy atom. The molecule has 6 nitrogen and oxygen atoms in total. The lowest BCUT2D eigenvalue weighted by Crippen LogP contribution is -2.29. The van der Waals surface area contributed by atoms with Gasteiger partial charge in [-0.15, -0.1) is 0 Å². The molecule has 2 amide bonds. The Bertz CT molecular complexity index is 1220. The normalized spacial score (nSPS) is 14.6. The number of aromatic nitrogens is 2. The number of amides is 2. The fraction of sp³-hybridized carbons (Fsp3) is 0.217. The molecule has 2 aromatic carbocycles. The van der Waals surface area contributed by atoms with Crippen LogP contribution in [-0.4, -0.2) is 28.4 Å². The van der Waals surface area contributed by atoms with Gasteiger partial charge in [-0.05, 0) is 29.2 Å². The summed E-state index contributed by atoms with van der Waals surface area (Å²) in [5, 5.41) is 8.00. The summed E-state index contributed by atoms with van der Waals surface area (Å²) in [4.78, 5) is 27.1. The molecular weight excluding hydrogens is 364 g/mol. The van der Waals surface area contributed by atoms with Gasteiger partial charge in [0, 0.05) is 48.3 Å². The molecule has 3 heterocycles. The van der Waals surface area contributed by atoms with Crippen LogP contribution in [0.3, 0.4) is 0 Å². The van der Waals surface area contributed by atoms with Crippen molar-refractivity contribution >= 4 is 34.1 Å². The Balaban J connectivity index is 1.62. The Morgan fingerprint density at radius 2 is 2.03 bits per heavy atom. The summed E-state index contributed by atoms with van der Waals surface area (Å²) in [5.74, 6) is -0.740. The highest BCUT2D eigenvalue weighted by atomic mass is 16.2. The van der Waals surface area contributed by atoms with Crippen molar-refractivity contribution in [3.63, 3.8) is 0 Å². The van der Waals surface area contributed by atoms with Gasteiger partial charge in [0.2, 0.25) is 12.3 Å². The van der Waals surface area contributed by atoms with Crippen molar-refractivity contribution in [1.82, 2.24) is 20.2 Å². The minimum atomic E-state index is -0.458. The molecule has 4 aromatic rings. The molecule has 6 heteroatoms. The van der Waals surface area contributed by atoms with E-state index in [1.807, 2.05) is 30.5 Å². The van der Waals surface area contributed by atoms with E-state index in [-0.39, 0.29) is 5.91 Å². The third-order valence-corrected chi connectivity index (χ3v) is 5.85. The van der Waals surface area contributed by atoms with Crippen LogP contribution in [0.4, 0.5) is 0 Å². The molecule has 0 saturated carbocycles. The maximum atomic E-state index is 12.9. The molecule has 2 aromatic heterocycles. The van der Waals surface area contributed by atoms with Crippen molar-refractivity contribution in [3.05, 3.63) is 71.5 Å². The van der Waals surface area contributed by atoms with Gasteiger partial charge in [0.1, 0.15) is 0 Å². The smallest absolute Gasteiger partial charge is 0.234 e. The number of aromatic amines is 1. The molecule has 29 heavy (non-hydrogen) atoms. The maximum absolute atomic E-state index is 12.9. The number of imide groups is 1. The third kappa shape index (κ3) is 3.02. The van der Waals surface area contributed by atoms with Gasteiger partial charge in [0.05, 0.1) is 11.4 Å². The number of benzene rings is 2. The van der Waals surface area contributed by atoms with E-state index in [0.717, 1.165) is 41.7 Å². The van der Waals surface area contributed by atoms with Crippen LogP contribution in [0.25, 0.3) is 21.8 Å². The van der Waals surface area contributed by atoms with Crippen molar-refractivity contribution in [2.75, 3.05) is 6.54 Å². The fourth-order valence-electron chi connectivity index (χ4n) is 4.52. The van der Waals surface area contributed by atoms with E-state index in [0.29, 0.717) is 12.8 Å². The quantitative estimate of drug-likeness (QED) is 0.462. The van der Waals surface area contributed by atoms with Gasteiger partial charge < -0.3 is 14.9 Å². The van der Waals surface area contributed by atoms with Crippen molar-refractivity contribution in [2.45, 2.75) is 25.4 Å². The summed E-state index contributed by atoms with van der Waals surface area (Å²) < 4.78 is 2.28. The van der Waals surface area contributed by atoms with E-state index in [4.69, 9.17) is 0 Å². The number of hydrogen-bond donors (Lipinski definition) is 3. The summed E-state index contributed by atoms with van der Waals surface area (Å²) in [7, 11) is 0. The third-order valence-electron chi connectivity index (χ3n) is 5.85. The zero-order chi connectivity index (χ0) is 19.8. The van der Waals surface area contributed by atoms with E-state index >= 15 is 0 Å². The number of rotatable bonds is 5. The predicted octanol–water partition coefficient (Wildman–Crippen LogP) is 2.82. The average Bonchev–Trinajstić information content (AvgIpc) is 3.24. The Hall–Kier alpha value is -3.38. The first-order valence-corrected chi connectivity index (χ1v) is 9.86. The lowest BCUT2D eigenvalue weighted by molar-refractivity contribution is -0.126. The van der Waals surface area contributed by atoms with Crippen molar-refractivity contribution < 1.29 is 9.59 Å². The number of H-pyrrole nitrogens is 1. The first-order chi connectivity index (χ1) is 14.3. The van der Waals surface area contributed by atoms with E-state index in [2.05, 4.69) is 44.6 Å². The zero-order valence-corrected chi connectivity index (χ0v) is 15.9. The second kappa shape index (κ2) is 7.22. The van der Waals surface area contributed by atoms with Crippen molar-refractivity contribution in [2.24, 2.45) is 0 Å². The van der Waals surface area contributed by atoms with Gasteiger partial charge in [-0.1, -0.05) is 36.4 Å². The number of nitrogens with one attached hydrogen (secondary N) is 3. The highest BCUT2D eigenvalue weighted by molar-refractivity contribution is 5.97. The monoisotopic (exact) mass is 386 g/mol. The molecule has 1 unspecified atom stereocenters. The first-order valence-electron chi connectivity index (χ1n) is 9.86. The SMILES string of the molecule is O=CNC(=O)C(Cc1cn2c3c(cccc13)CNCC2)c1c[nH]c2ccccc12. The van der Waals surface area contributed by atoms with Gasteiger partial charge >= 0.3 is 0 Å². The molecule has 1 aliphatic heterocycles. The summed E-state index contributed by atoms with van der Waals surface area (Å²) in [6.45, 7) is 2.65. The number of nitrogens with zero attached hydrogens (tertiary/aromatic N) is 1. The van der Waals surface area contributed by atoms with Crippen LogP contribution in [0, 0.1) is 0 Å². The van der Waals surface area contributed by atoms with Crippen LogP contribution in [0.2, 0.25) is 0 Å². The Kier molecular flexibility index (Phi) is 4.41. The average molecular weight is 386 g/mol. The molecular formula is C23H22N4O2. The van der Waals surface area contributed by atoms with Gasteiger partial charge in [-0.2, -0.15) is 0 Å². The highest BCUT2D eigenvalue weighted by Gasteiger charge is 2.26. The van der Waals surface area contributed by atoms with Gasteiger partial charge in [-0.25, -0.2) is 0 Å². The Morgan fingerprint density at radius 3 is 2.93 bits per heavy atom. The number of fused-ring (bicyclic) bond motifs is 1. The van der Waals surface area contributed by atoms with E-state index in [1.165, 1.54) is 16.5 Å². The number of carbonyl (C=O) groups is 2. The van der Waals surface area contributed by atoms with Crippen LogP contribution in [0.15, 0.2) is 54.9 Å². The first kappa shape index (κ1) is 17.7. The molecule has 0 spiro atoms. The van der Waals surface area contributed by atoms with Crippen molar-refractivity contribution in [1.29, 1.82) is 0 Å². The van der Waals surface area contributed by atoms with E-state index < -0.39 is 5.92 Å². The molecule has 0 saturated heterocycles. The number of para-hydroxylation sites is 2. The van der Waals surface area contributed by atoms with Crippen LogP contribution < -0.4 is 10.6 Å². The van der Waals surface area contributed by atoms with Crippen LogP contribution in [-0.2, 0) is 29.1 Å². The topological polar surface area (TPSA) is 78.9 Å². The number of carbonyl (C=O) groups excluding carboxylic acids is 2. The van der Waals surface area contributed by atoms with E-state index in [1.54, 1.807) is 0 Å². The lowest BCUT2D eigenvalue weighted by atomic mass is 9.90. The minimum absolute atomic E-state index is 0.282. The van der Waals surface area contributed by atoms with Crippen molar-refractivity contribution in [3.8, 4) is 0 Å². The maximum Gasteiger partial charge on any atom is 0.234 e. The van der Waals surface area contributed by atoms with Crippen LogP contribution in [0.5, 0.6) is 0 Å². The molecule has 0 aliphatic carbocycles. The molecule has 0 bridgehead atoms. The van der Waals surface area contributed by atoms with Crippen LogP contribution in [0.1, 0.15) is 22.6 Å². The van der Waals surface area contributed by atoms with Crippen LogP contribution >= 0.6 is 0 Å². The minimum Gasteiger partial charge on any atom is -0.361 e.